The van der Waals surface area contributed by atoms with Gasteiger partial charge >= 0.3 is 5.97 Å². The normalized spacial score (nSPS) is 12.0. The van der Waals surface area contributed by atoms with Gasteiger partial charge in [0.1, 0.15) is 6.04 Å². The minimum atomic E-state index is -0.640. The Bertz CT molecular complexity index is 648. The molecule has 1 amide bonds. The first kappa shape index (κ1) is 16.7. The van der Waals surface area contributed by atoms with Crippen LogP contribution in [0.15, 0.2) is 42.7 Å². The van der Waals surface area contributed by atoms with E-state index in [0.29, 0.717) is 12.0 Å². The van der Waals surface area contributed by atoms with Crippen molar-refractivity contribution >= 4 is 11.9 Å². The van der Waals surface area contributed by atoms with Crippen LogP contribution in [0.3, 0.4) is 0 Å². The van der Waals surface area contributed by atoms with E-state index in [-0.39, 0.29) is 11.8 Å². The molecule has 0 saturated carbocycles. The standard InChI is InChI=1S/C17H21N3O3/c1-12(2)11-15(17(22)23-3)19-16(21)13-5-7-14(8-6-13)20-10-4-9-18-20/h4-10,12,15H,11H2,1-3H3,(H,19,21)/t15-/m1/s1. The molecule has 0 saturated heterocycles. The lowest BCUT2D eigenvalue weighted by Crippen LogP contribution is -2.42. The molecule has 0 unspecified atom stereocenters. The zero-order valence-electron chi connectivity index (χ0n) is 13.5. The van der Waals surface area contributed by atoms with Gasteiger partial charge in [0.2, 0.25) is 0 Å². The molecule has 0 fully saturated rings. The lowest BCUT2D eigenvalue weighted by molar-refractivity contribution is -0.143. The van der Waals surface area contributed by atoms with Crippen LogP contribution in [0.5, 0.6) is 0 Å². The molecule has 1 aromatic carbocycles. The number of nitrogens with zero attached hydrogens (tertiary/aromatic N) is 2. The number of aromatic nitrogens is 2. The van der Waals surface area contributed by atoms with E-state index in [1.54, 1.807) is 35.1 Å². The van der Waals surface area contributed by atoms with Crippen LogP contribution in [0.25, 0.3) is 5.69 Å². The molecule has 1 N–H and O–H groups in total. The lowest BCUT2D eigenvalue weighted by atomic mass is 10.0. The lowest BCUT2D eigenvalue weighted by Gasteiger charge is -2.18. The molecule has 1 aromatic heterocycles. The number of rotatable bonds is 6. The van der Waals surface area contributed by atoms with Crippen LogP contribution in [0.1, 0.15) is 30.6 Å². The zero-order valence-corrected chi connectivity index (χ0v) is 13.5. The number of esters is 1. The number of carbonyl (C=O) groups excluding carboxylic acids is 2. The number of nitrogens with one attached hydrogen (secondary N) is 1. The second-order valence-corrected chi connectivity index (χ2v) is 5.68. The average Bonchev–Trinajstić information content (AvgIpc) is 3.07. The van der Waals surface area contributed by atoms with Gasteiger partial charge in [0.05, 0.1) is 12.8 Å². The minimum Gasteiger partial charge on any atom is -0.467 e. The maximum absolute atomic E-state index is 12.3. The Morgan fingerprint density at radius 2 is 1.96 bits per heavy atom. The molecule has 122 valence electrons. The van der Waals surface area contributed by atoms with E-state index >= 15 is 0 Å². The highest BCUT2D eigenvalue weighted by Crippen LogP contribution is 2.11. The van der Waals surface area contributed by atoms with Crippen LogP contribution in [-0.4, -0.2) is 34.8 Å². The van der Waals surface area contributed by atoms with Crippen LogP contribution >= 0.6 is 0 Å². The van der Waals surface area contributed by atoms with Crippen molar-refractivity contribution < 1.29 is 14.3 Å². The average molecular weight is 315 g/mol. The quantitative estimate of drug-likeness (QED) is 0.829. The van der Waals surface area contributed by atoms with Crippen molar-refractivity contribution in [2.75, 3.05) is 7.11 Å². The van der Waals surface area contributed by atoms with Crippen molar-refractivity contribution in [1.82, 2.24) is 15.1 Å². The number of benzene rings is 1. The van der Waals surface area contributed by atoms with Gasteiger partial charge in [0.15, 0.2) is 0 Å². The Morgan fingerprint density at radius 1 is 1.26 bits per heavy atom. The first-order chi connectivity index (χ1) is 11.0. The predicted octanol–water partition coefficient (Wildman–Crippen LogP) is 2.19. The van der Waals surface area contributed by atoms with Gasteiger partial charge in [-0.15, -0.1) is 0 Å². The molecule has 0 bridgehead atoms. The molecule has 6 heteroatoms. The molecule has 1 atom stereocenters. The maximum Gasteiger partial charge on any atom is 0.328 e. The third-order valence-electron chi connectivity index (χ3n) is 3.40. The Kier molecular flexibility index (Phi) is 5.51. The van der Waals surface area contributed by atoms with Crippen molar-refractivity contribution in [2.45, 2.75) is 26.3 Å². The Hall–Kier alpha value is -2.63. The second-order valence-electron chi connectivity index (χ2n) is 5.68. The summed E-state index contributed by atoms with van der Waals surface area (Å²) < 4.78 is 6.46. The third kappa shape index (κ3) is 4.42. The van der Waals surface area contributed by atoms with E-state index in [0.717, 1.165) is 5.69 Å². The highest BCUT2D eigenvalue weighted by molar-refractivity contribution is 5.96. The zero-order chi connectivity index (χ0) is 16.8. The summed E-state index contributed by atoms with van der Waals surface area (Å²) >= 11 is 0. The van der Waals surface area contributed by atoms with Gasteiger partial charge in [-0.2, -0.15) is 5.10 Å². The van der Waals surface area contributed by atoms with Crippen molar-refractivity contribution in [1.29, 1.82) is 0 Å². The van der Waals surface area contributed by atoms with Crippen LogP contribution in [0.4, 0.5) is 0 Å². The van der Waals surface area contributed by atoms with Crippen LogP contribution < -0.4 is 5.32 Å². The van der Waals surface area contributed by atoms with Crippen molar-refractivity contribution in [3.63, 3.8) is 0 Å². The number of ether oxygens (including phenoxy) is 1. The second kappa shape index (κ2) is 7.58. The van der Waals surface area contributed by atoms with Gasteiger partial charge < -0.3 is 10.1 Å². The summed E-state index contributed by atoms with van der Waals surface area (Å²) in [5.41, 5.74) is 1.34. The molecule has 0 aliphatic carbocycles. The summed E-state index contributed by atoms with van der Waals surface area (Å²) in [4.78, 5) is 24.1. The predicted molar refractivity (Wildman–Crippen MR) is 86.3 cm³/mol. The smallest absolute Gasteiger partial charge is 0.328 e. The number of amides is 1. The molecule has 0 spiro atoms. The number of hydrogen-bond donors (Lipinski definition) is 1. The van der Waals surface area contributed by atoms with Crippen molar-refractivity contribution in [3.8, 4) is 5.69 Å². The van der Waals surface area contributed by atoms with Gasteiger partial charge in [0.25, 0.3) is 5.91 Å². The summed E-state index contributed by atoms with van der Waals surface area (Å²) in [6, 6.07) is 8.20. The molecular formula is C17H21N3O3. The fourth-order valence-electron chi connectivity index (χ4n) is 2.26. The van der Waals surface area contributed by atoms with Crippen LogP contribution in [-0.2, 0) is 9.53 Å². The minimum absolute atomic E-state index is 0.265. The molecule has 2 rings (SSSR count). The molecule has 23 heavy (non-hydrogen) atoms. The van der Waals surface area contributed by atoms with Crippen LogP contribution in [0.2, 0.25) is 0 Å². The molecule has 0 radical (unpaired) electrons. The molecule has 6 nitrogen and oxygen atoms in total. The van der Waals surface area contributed by atoms with E-state index in [1.165, 1.54) is 7.11 Å². The van der Waals surface area contributed by atoms with Crippen LogP contribution in [0, 0.1) is 5.92 Å². The number of methoxy groups -OCH3 is 1. The fraction of sp³-hybridized carbons (Fsp3) is 0.353. The first-order valence-corrected chi connectivity index (χ1v) is 7.50. The largest absolute Gasteiger partial charge is 0.467 e. The van der Waals surface area contributed by atoms with E-state index in [2.05, 4.69) is 10.4 Å². The van der Waals surface area contributed by atoms with Gasteiger partial charge in [0, 0.05) is 18.0 Å². The van der Waals surface area contributed by atoms with Gasteiger partial charge in [-0.05, 0) is 42.7 Å². The molecular weight excluding hydrogens is 294 g/mol. The summed E-state index contributed by atoms with van der Waals surface area (Å²) in [7, 11) is 1.32. The molecule has 2 aromatic rings. The highest BCUT2D eigenvalue weighted by atomic mass is 16.5. The topological polar surface area (TPSA) is 73.2 Å². The maximum atomic E-state index is 12.3. The van der Waals surface area contributed by atoms with E-state index in [9.17, 15) is 9.59 Å². The van der Waals surface area contributed by atoms with Gasteiger partial charge in [-0.1, -0.05) is 13.8 Å². The fourth-order valence-corrected chi connectivity index (χ4v) is 2.26. The van der Waals surface area contributed by atoms with E-state index in [1.807, 2.05) is 26.1 Å². The number of hydrogen-bond acceptors (Lipinski definition) is 4. The Morgan fingerprint density at radius 3 is 2.48 bits per heavy atom. The summed E-state index contributed by atoms with van der Waals surface area (Å²) in [6.07, 6.45) is 4.04. The third-order valence-corrected chi connectivity index (χ3v) is 3.40. The first-order valence-electron chi connectivity index (χ1n) is 7.50. The molecule has 0 aliphatic heterocycles. The van der Waals surface area contributed by atoms with Crippen molar-refractivity contribution in [3.05, 3.63) is 48.3 Å². The van der Waals surface area contributed by atoms with Crippen molar-refractivity contribution in [2.24, 2.45) is 5.92 Å². The number of carbonyl (C=O) groups is 2. The monoisotopic (exact) mass is 315 g/mol. The van der Waals surface area contributed by atoms with Gasteiger partial charge in [-0.3, -0.25) is 4.79 Å². The van der Waals surface area contributed by atoms with E-state index in [4.69, 9.17) is 4.74 Å². The van der Waals surface area contributed by atoms with E-state index < -0.39 is 12.0 Å². The Labute approximate surface area is 135 Å². The molecule has 1 heterocycles. The SMILES string of the molecule is COC(=O)[C@@H](CC(C)C)NC(=O)c1ccc(-n2cccn2)cc1. The molecule has 0 aliphatic rings. The summed E-state index contributed by atoms with van der Waals surface area (Å²) in [6.45, 7) is 3.97. The summed E-state index contributed by atoms with van der Waals surface area (Å²) in [5.74, 6) is -0.463. The van der Waals surface area contributed by atoms with Gasteiger partial charge in [-0.25, -0.2) is 9.48 Å². The summed E-state index contributed by atoms with van der Waals surface area (Å²) in [5, 5.41) is 6.86. The Balaban J connectivity index is 2.08. The highest BCUT2D eigenvalue weighted by Gasteiger charge is 2.23.